The van der Waals surface area contributed by atoms with Crippen LogP contribution in [-0.2, 0) is 26.3 Å². The van der Waals surface area contributed by atoms with Gasteiger partial charge in [-0.3, -0.25) is 14.2 Å². The highest BCUT2D eigenvalue weighted by molar-refractivity contribution is 7.99. The fraction of sp³-hybridized carbons (Fsp3) is 0.385. The largest absolute Gasteiger partial charge is 0.469 e. The maximum atomic E-state index is 12.3. The second-order valence-electron chi connectivity index (χ2n) is 9.02. The summed E-state index contributed by atoms with van der Waals surface area (Å²) in [7, 11) is 1.36. The van der Waals surface area contributed by atoms with Crippen molar-refractivity contribution < 1.29 is 14.3 Å². The van der Waals surface area contributed by atoms with Gasteiger partial charge in [0.15, 0.2) is 11.0 Å². The molecule has 0 bridgehead atoms. The Kier molecular flexibility index (Phi) is 8.87. The molecule has 8 heteroatoms. The van der Waals surface area contributed by atoms with Crippen LogP contribution >= 0.6 is 11.8 Å². The normalized spacial score (nSPS) is 11.3. The minimum atomic E-state index is -0.277. The van der Waals surface area contributed by atoms with Crippen molar-refractivity contribution >= 4 is 23.6 Å². The van der Waals surface area contributed by atoms with Gasteiger partial charge in [-0.1, -0.05) is 87.1 Å². The molecular formula is C26H32N4O3S. The molecule has 0 atom stereocenters. The van der Waals surface area contributed by atoms with Gasteiger partial charge in [-0.05, 0) is 23.0 Å². The quantitative estimate of drug-likeness (QED) is 0.262. The molecule has 0 saturated heterocycles. The van der Waals surface area contributed by atoms with Crippen LogP contribution < -0.4 is 5.32 Å². The van der Waals surface area contributed by atoms with E-state index < -0.39 is 0 Å². The lowest BCUT2D eigenvalue weighted by Gasteiger charge is -2.19. The Labute approximate surface area is 205 Å². The summed E-state index contributed by atoms with van der Waals surface area (Å²) in [5.41, 5.74) is 3.44. The van der Waals surface area contributed by atoms with Gasteiger partial charge in [0.2, 0.25) is 5.91 Å². The molecule has 180 valence electrons. The van der Waals surface area contributed by atoms with Crippen molar-refractivity contribution in [3.63, 3.8) is 0 Å². The van der Waals surface area contributed by atoms with E-state index in [1.165, 1.54) is 24.4 Å². The van der Waals surface area contributed by atoms with Crippen LogP contribution in [0.1, 0.15) is 44.7 Å². The Morgan fingerprint density at radius 1 is 1.03 bits per heavy atom. The first-order valence-electron chi connectivity index (χ1n) is 11.3. The number of aromatic nitrogens is 3. The summed E-state index contributed by atoms with van der Waals surface area (Å²) in [6.07, 6.45) is 0.828. The van der Waals surface area contributed by atoms with Crippen LogP contribution in [0, 0.1) is 0 Å². The van der Waals surface area contributed by atoms with Crippen molar-refractivity contribution in [2.45, 2.75) is 50.7 Å². The topological polar surface area (TPSA) is 86.1 Å². The fourth-order valence-corrected chi connectivity index (χ4v) is 4.15. The highest BCUT2D eigenvalue weighted by atomic mass is 32.2. The molecule has 1 aromatic heterocycles. The number of nitrogens with one attached hydrogen (secondary N) is 1. The van der Waals surface area contributed by atoms with Gasteiger partial charge in [0, 0.05) is 18.5 Å². The first-order valence-corrected chi connectivity index (χ1v) is 12.3. The molecule has 0 radical (unpaired) electrons. The van der Waals surface area contributed by atoms with E-state index in [0.29, 0.717) is 24.7 Å². The van der Waals surface area contributed by atoms with Gasteiger partial charge in [0.25, 0.3) is 0 Å². The molecule has 0 aliphatic heterocycles. The summed E-state index contributed by atoms with van der Waals surface area (Å²) in [5, 5.41) is 12.4. The van der Waals surface area contributed by atoms with Crippen LogP contribution in [0.25, 0.3) is 11.4 Å². The molecule has 0 aliphatic rings. The minimum absolute atomic E-state index is 0.0709. The Morgan fingerprint density at radius 3 is 2.38 bits per heavy atom. The third-order valence-electron chi connectivity index (χ3n) is 5.35. The number of esters is 1. The molecule has 0 aliphatic carbocycles. The smallest absolute Gasteiger partial charge is 0.305 e. The van der Waals surface area contributed by atoms with Gasteiger partial charge in [0.05, 0.1) is 19.4 Å². The lowest BCUT2D eigenvalue weighted by atomic mass is 9.87. The standard InChI is InChI=1S/C26H32N4O3S/c1-26(2,3)21-14-12-20(13-15-21)24-28-29-25(30(24)17-19-9-6-5-7-10-19)34-18-22(31)27-16-8-11-23(32)33-4/h5-7,9-10,12-15H,8,11,16-18H2,1-4H3,(H,27,31). The van der Waals surface area contributed by atoms with E-state index in [9.17, 15) is 9.59 Å². The zero-order chi connectivity index (χ0) is 24.6. The van der Waals surface area contributed by atoms with E-state index in [0.717, 1.165) is 17.0 Å². The lowest BCUT2D eigenvalue weighted by molar-refractivity contribution is -0.140. The SMILES string of the molecule is COC(=O)CCCNC(=O)CSc1nnc(-c2ccc(C(C)(C)C)cc2)n1Cc1ccccc1. The Bertz CT molecular complexity index is 1090. The summed E-state index contributed by atoms with van der Waals surface area (Å²) in [5.74, 6) is 0.597. The van der Waals surface area contributed by atoms with Crippen molar-refractivity contribution in [3.8, 4) is 11.4 Å². The number of rotatable bonds is 10. The zero-order valence-electron chi connectivity index (χ0n) is 20.2. The number of amides is 1. The van der Waals surface area contributed by atoms with Crippen molar-refractivity contribution in [1.29, 1.82) is 0 Å². The number of thioether (sulfide) groups is 1. The highest BCUT2D eigenvalue weighted by Crippen LogP contribution is 2.28. The summed E-state index contributed by atoms with van der Waals surface area (Å²) in [6, 6.07) is 18.5. The number of hydrogen-bond acceptors (Lipinski definition) is 6. The van der Waals surface area contributed by atoms with E-state index in [1.807, 2.05) is 18.2 Å². The second-order valence-corrected chi connectivity index (χ2v) is 9.97. The van der Waals surface area contributed by atoms with Crippen LogP contribution in [0.2, 0.25) is 0 Å². The third-order valence-corrected chi connectivity index (χ3v) is 6.32. The number of benzene rings is 2. The molecule has 0 saturated carbocycles. The molecule has 1 amide bonds. The van der Waals surface area contributed by atoms with Gasteiger partial charge >= 0.3 is 5.97 Å². The first kappa shape index (κ1) is 25.5. The second kappa shape index (κ2) is 11.8. The minimum Gasteiger partial charge on any atom is -0.469 e. The van der Waals surface area contributed by atoms with Gasteiger partial charge in [-0.15, -0.1) is 10.2 Å². The van der Waals surface area contributed by atoms with Crippen LogP contribution in [0.5, 0.6) is 0 Å². The molecule has 1 heterocycles. The fourth-order valence-electron chi connectivity index (χ4n) is 3.38. The summed E-state index contributed by atoms with van der Waals surface area (Å²) < 4.78 is 6.66. The van der Waals surface area contributed by atoms with E-state index >= 15 is 0 Å². The van der Waals surface area contributed by atoms with Gasteiger partial charge < -0.3 is 10.1 Å². The molecule has 0 unspecified atom stereocenters. The molecular weight excluding hydrogens is 448 g/mol. The van der Waals surface area contributed by atoms with Crippen LogP contribution in [-0.4, -0.2) is 46.0 Å². The monoisotopic (exact) mass is 480 g/mol. The molecule has 1 N–H and O–H groups in total. The number of methoxy groups -OCH3 is 1. The van der Waals surface area contributed by atoms with E-state index in [1.54, 1.807) is 0 Å². The Hall–Kier alpha value is -3.13. The first-order chi connectivity index (χ1) is 16.3. The molecule has 34 heavy (non-hydrogen) atoms. The maximum Gasteiger partial charge on any atom is 0.305 e. The number of hydrogen-bond donors (Lipinski definition) is 1. The van der Waals surface area contributed by atoms with Gasteiger partial charge in [0.1, 0.15) is 0 Å². The molecule has 3 rings (SSSR count). The van der Waals surface area contributed by atoms with Gasteiger partial charge in [-0.25, -0.2) is 0 Å². The van der Waals surface area contributed by atoms with Crippen molar-refractivity contribution in [2.75, 3.05) is 19.4 Å². The van der Waals surface area contributed by atoms with E-state index in [4.69, 9.17) is 0 Å². The Morgan fingerprint density at radius 2 is 1.74 bits per heavy atom. The van der Waals surface area contributed by atoms with E-state index in [2.05, 4.69) is 82.0 Å². The van der Waals surface area contributed by atoms with Crippen LogP contribution in [0.15, 0.2) is 59.8 Å². The summed E-state index contributed by atoms with van der Waals surface area (Å²) >= 11 is 1.35. The average molecular weight is 481 g/mol. The summed E-state index contributed by atoms with van der Waals surface area (Å²) in [4.78, 5) is 23.5. The maximum absolute atomic E-state index is 12.3. The average Bonchev–Trinajstić information content (AvgIpc) is 3.22. The van der Waals surface area contributed by atoms with Crippen molar-refractivity contribution in [1.82, 2.24) is 20.1 Å². The number of carbonyl (C=O) groups is 2. The molecule has 3 aromatic rings. The molecule has 0 spiro atoms. The van der Waals surface area contributed by atoms with Crippen LogP contribution in [0.4, 0.5) is 0 Å². The highest BCUT2D eigenvalue weighted by Gasteiger charge is 2.18. The van der Waals surface area contributed by atoms with Crippen molar-refractivity contribution in [3.05, 3.63) is 65.7 Å². The number of nitrogens with zero attached hydrogens (tertiary/aromatic N) is 3. The summed E-state index contributed by atoms with van der Waals surface area (Å²) in [6.45, 7) is 7.60. The third kappa shape index (κ3) is 7.18. The number of carbonyl (C=O) groups excluding carboxylic acids is 2. The Balaban J connectivity index is 1.73. The van der Waals surface area contributed by atoms with Gasteiger partial charge in [-0.2, -0.15) is 0 Å². The predicted octanol–water partition coefficient (Wildman–Crippen LogP) is 4.45. The molecule has 2 aromatic carbocycles. The van der Waals surface area contributed by atoms with Crippen LogP contribution in [0.3, 0.4) is 0 Å². The lowest BCUT2D eigenvalue weighted by Crippen LogP contribution is -2.26. The zero-order valence-corrected chi connectivity index (χ0v) is 21.0. The molecule has 0 fully saturated rings. The number of ether oxygens (including phenoxy) is 1. The predicted molar refractivity (Wildman–Crippen MR) is 135 cm³/mol. The van der Waals surface area contributed by atoms with E-state index in [-0.39, 0.29) is 29.5 Å². The van der Waals surface area contributed by atoms with Crippen molar-refractivity contribution in [2.24, 2.45) is 0 Å². The molecule has 7 nitrogen and oxygen atoms in total.